The van der Waals surface area contributed by atoms with Crippen LogP contribution in [0.15, 0.2) is 48.5 Å². The highest BCUT2D eigenvalue weighted by molar-refractivity contribution is 5.80. The molecule has 0 aromatic heterocycles. The zero-order valence-corrected chi connectivity index (χ0v) is 16.6. The summed E-state index contributed by atoms with van der Waals surface area (Å²) in [6.45, 7) is 8.75. The van der Waals surface area contributed by atoms with Crippen LogP contribution in [0.3, 0.4) is 0 Å². The van der Waals surface area contributed by atoms with E-state index >= 15 is 0 Å². The quantitative estimate of drug-likeness (QED) is 0.770. The third-order valence-electron chi connectivity index (χ3n) is 4.36. The van der Waals surface area contributed by atoms with Gasteiger partial charge in [-0.15, -0.1) is 0 Å². The summed E-state index contributed by atoms with van der Waals surface area (Å²) < 4.78 is 11.2. The molecule has 0 N–H and O–H groups in total. The standard InChI is InChI=1S/C22H29NO3/c1-16(26-19-13-11-18(12-14-19)22(2,3)4)21(24)23(5)15-17-9-7-8-10-20(17)25-6/h7-14,16H,15H2,1-6H3/t16-/m0/s1. The molecule has 0 radical (unpaired) electrons. The summed E-state index contributed by atoms with van der Waals surface area (Å²) in [5.41, 5.74) is 2.29. The molecule has 0 aliphatic heterocycles. The van der Waals surface area contributed by atoms with Crippen molar-refractivity contribution >= 4 is 5.91 Å². The maximum Gasteiger partial charge on any atom is 0.263 e. The van der Waals surface area contributed by atoms with Gasteiger partial charge in [0.1, 0.15) is 11.5 Å². The van der Waals surface area contributed by atoms with Gasteiger partial charge in [0.25, 0.3) is 5.91 Å². The molecule has 1 atom stereocenters. The second kappa shape index (κ2) is 8.26. The molecular formula is C22H29NO3. The molecule has 1 amide bonds. The highest BCUT2D eigenvalue weighted by atomic mass is 16.5. The molecule has 2 aromatic carbocycles. The van der Waals surface area contributed by atoms with Crippen LogP contribution in [0.1, 0.15) is 38.8 Å². The third-order valence-corrected chi connectivity index (χ3v) is 4.36. The van der Waals surface area contributed by atoms with Gasteiger partial charge in [0, 0.05) is 19.2 Å². The van der Waals surface area contributed by atoms with Crippen LogP contribution in [0.25, 0.3) is 0 Å². The van der Waals surface area contributed by atoms with Gasteiger partial charge in [-0.2, -0.15) is 0 Å². The molecule has 0 aliphatic rings. The van der Waals surface area contributed by atoms with Crippen LogP contribution in [0.4, 0.5) is 0 Å². The van der Waals surface area contributed by atoms with E-state index < -0.39 is 6.10 Å². The summed E-state index contributed by atoms with van der Waals surface area (Å²) in [6.07, 6.45) is -0.560. The number of methoxy groups -OCH3 is 1. The second-order valence-electron chi connectivity index (χ2n) is 7.54. The molecule has 4 heteroatoms. The van der Waals surface area contributed by atoms with Gasteiger partial charge in [-0.25, -0.2) is 0 Å². The smallest absolute Gasteiger partial charge is 0.263 e. The number of amides is 1. The lowest BCUT2D eigenvalue weighted by molar-refractivity contribution is -0.137. The molecule has 0 unspecified atom stereocenters. The van der Waals surface area contributed by atoms with E-state index in [0.29, 0.717) is 12.3 Å². The van der Waals surface area contributed by atoms with Crippen molar-refractivity contribution in [2.75, 3.05) is 14.2 Å². The highest BCUT2D eigenvalue weighted by Crippen LogP contribution is 2.25. The lowest BCUT2D eigenvalue weighted by Crippen LogP contribution is -2.37. The number of hydrogen-bond donors (Lipinski definition) is 0. The fraction of sp³-hybridized carbons (Fsp3) is 0.409. The first kappa shape index (κ1) is 19.8. The molecule has 0 heterocycles. The maximum absolute atomic E-state index is 12.6. The fourth-order valence-corrected chi connectivity index (χ4v) is 2.77. The SMILES string of the molecule is COc1ccccc1CN(C)C(=O)[C@H](C)Oc1ccc(C(C)(C)C)cc1. The van der Waals surface area contributed by atoms with Crippen molar-refractivity contribution in [2.24, 2.45) is 0 Å². The van der Waals surface area contributed by atoms with Crippen molar-refractivity contribution < 1.29 is 14.3 Å². The number of carbonyl (C=O) groups excluding carboxylic acids is 1. The summed E-state index contributed by atoms with van der Waals surface area (Å²) in [4.78, 5) is 14.3. The molecule has 2 aromatic rings. The maximum atomic E-state index is 12.6. The van der Waals surface area contributed by atoms with Crippen LogP contribution in [0.5, 0.6) is 11.5 Å². The Kier molecular flexibility index (Phi) is 6.30. The number of likely N-dealkylation sites (N-methyl/N-ethyl adjacent to an activating group) is 1. The molecule has 0 spiro atoms. The van der Waals surface area contributed by atoms with Crippen molar-refractivity contribution in [3.63, 3.8) is 0 Å². The molecule has 0 bridgehead atoms. The monoisotopic (exact) mass is 355 g/mol. The molecule has 0 fully saturated rings. The van der Waals surface area contributed by atoms with Crippen molar-refractivity contribution in [1.29, 1.82) is 0 Å². The van der Waals surface area contributed by atoms with Gasteiger partial charge >= 0.3 is 0 Å². The zero-order chi connectivity index (χ0) is 19.3. The van der Waals surface area contributed by atoms with E-state index in [4.69, 9.17) is 9.47 Å². The second-order valence-corrected chi connectivity index (χ2v) is 7.54. The molecule has 140 valence electrons. The lowest BCUT2D eigenvalue weighted by Gasteiger charge is -2.23. The summed E-state index contributed by atoms with van der Waals surface area (Å²) in [6, 6.07) is 15.6. The van der Waals surface area contributed by atoms with Crippen LogP contribution in [-0.2, 0) is 16.8 Å². The normalized spacial score (nSPS) is 12.4. The predicted molar refractivity (Wildman–Crippen MR) is 105 cm³/mol. The van der Waals surface area contributed by atoms with Crippen molar-refractivity contribution in [3.05, 3.63) is 59.7 Å². The average molecular weight is 355 g/mol. The van der Waals surface area contributed by atoms with Crippen molar-refractivity contribution in [1.82, 2.24) is 4.90 Å². The van der Waals surface area contributed by atoms with E-state index in [9.17, 15) is 4.79 Å². The van der Waals surface area contributed by atoms with E-state index in [1.165, 1.54) is 5.56 Å². The molecule has 0 saturated carbocycles. The van der Waals surface area contributed by atoms with Crippen LogP contribution >= 0.6 is 0 Å². The number of carbonyl (C=O) groups is 1. The van der Waals surface area contributed by atoms with Gasteiger partial charge in [-0.3, -0.25) is 4.79 Å². The third kappa shape index (κ3) is 5.01. The Balaban J connectivity index is 2.00. The summed E-state index contributed by atoms with van der Waals surface area (Å²) in [7, 11) is 3.41. The van der Waals surface area contributed by atoms with Gasteiger partial charge in [0.15, 0.2) is 6.10 Å². The number of hydrogen-bond acceptors (Lipinski definition) is 3. The molecule has 0 aliphatic carbocycles. The molecular weight excluding hydrogens is 326 g/mol. The topological polar surface area (TPSA) is 38.8 Å². The van der Waals surface area contributed by atoms with Crippen LogP contribution < -0.4 is 9.47 Å². The Bertz CT molecular complexity index is 732. The van der Waals surface area contributed by atoms with E-state index in [0.717, 1.165) is 11.3 Å². The molecule has 2 rings (SSSR count). The predicted octanol–water partition coefficient (Wildman–Crippen LogP) is 4.42. The van der Waals surface area contributed by atoms with Crippen molar-refractivity contribution in [2.45, 2.75) is 45.8 Å². The van der Waals surface area contributed by atoms with E-state index in [1.807, 2.05) is 48.5 Å². The van der Waals surface area contributed by atoms with Crippen molar-refractivity contribution in [3.8, 4) is 11.5 Å². The summed E-state index contributed by atoms with van der Waals surface area (Å²) in [5.74, 6) is 1.40. The largest absolute Gasteiger partial charge is 0.496 e. The van der Waals surface area contributed by atoms with E-state index in [1.54, 1.807) is 26.0 Å². The first-order valence-corrected chi connectivity index (χ1v) is 8.86. The highest BCUT2D eigenvalue weighted by Gasteiger charge is 2.21. The minimum atomic E-state index is -0.560. The van der Waals surface area contributed by atoms with E-state index in [2.05, 4.69) is 20.8 Å². The number of para-hydroxylation sites is 1. The number of nitrogens with zero attached hydrogens (tertiary/aromatic N) is 1. The first-order chi connectivity index (χ1) is 12.2. The average Bonchev–Trinajstić information content (AvgIpc) is 2.61. The Morgan fingerprint density at radius 1 is 1.08 bits per heavy atom. The minimum absolute atomic E-state index is 0.0733. The van der Waals surface area contributed by atoms with Gasteiger partial charge in [-0.1, -0.05) is 51.1 Å². The van der Waals surface area contributed by atoms with Crippen LogP contribution in [-0.4, -0.2) is 31.1 Å². The van der Waals surface area contributed by atoms with Gasteiger partial charge in [0.05, 0.1) is 7.11 Å². The Labute approximate surface area is 156 Å². The summed E-state index contributed by atoms with van der Waals surface area (Å²) >= 11 is 0. The van der Waals surface area contributed by atoms with Gasteiger partial charge < -0.3 is 14.4 Å². The fourth-order valence-electron chi connectivity index (χ4n) is 2.77. The lowest BCUT2D eigenvalue weighted by atomic mass is 9.87. The van der Waals surface area contributed by atoms with Crippen LogP contribution in [0, 0.1) is 0 Å². The van der Waals surface area contributed by atoms with Crippen LogP contribution in [0.2, 0.25) is 0 Å². The number of rotatable bonds is 6. The summed E-state index contributed by atoms with van der Waals surface area (Å²) in [5, 5.41) is 0. The molecule has 26 heavy (non-hydrogen) atoms. The molecule has 0 saturated heterocycles. The molecule has 4 nitrogen and oxygen atoms in total. The first-order valence-electron chi connectivity index (χ1n) is 8.86. The Morgan fingerprint density at radius 3 is 2.27 bits per heavy atom. The number of benzene rings is 2. The Morgan fingerprint density at radius 2 is 1.69 bits per heavy atom. The van der Waals surface area contributed by atoms with Gasteiger partial charge in [-0.05, 0) is 36.1 Å². The van der Waals surface area contributed by atoms with E-state index in [-0.39, 0.29) is 11.3 Å². The van der Waals surface area contributed by atoms with Gasteiger partial charge in [0.2, 0.25) is 0 Å². The minimum Gasteiger partial charge on any atom is -0.496 e. The number of ether oxygens (including phenoxy) is 2. The Hall–Kier alpha value is -2.49. The zero-order valence-electron chi connectivity index (χ0n) is 16.6.